The first-order valence-corrected chi connectivity index (χ1v) is 9.87. The molecule has 2 amide bonds. The number of aromatic nitrogens is 2. The predicted octanol–water partition coefficient (Wildman–Crippen LogP) is 5.29. The molecule has 1 aromatic heterocycles. The lowest BCUT2D eigenvalue weighted by Crippen LogP contribution is -2.36. The molecule has 0 saturated heterocycles. The summed E-state index contributed by atoms with van der Waals surface area (Å²) < 4.78 is 13.3. The molecule has 0 bridgehead atoms. The van der Waals surface area contributed by atoms with E-state index in [0.29, 0.717) is 19.5 Å². The van der Waals surface area contributed by atoms with E-state index in [1.165, 1.54) is 12.1 Å². The number of carbonyl (C=O) groups is 1. The van der Waals surface area contributed by atoms with Crippen LogP contribution in [0.3, 0.4) is 0 Å². The van der Waals surface area contributed by atoms with Crippen LogP contribution in [0.5, 0.6) is 0 Å². The van der Waals surface area contributed by atoms with Gasteiger partial charge < -0.3 is 15.2 Å². The van der Waals surface area contributed by atoms with Gasteiger partial charge in [-0.25, -0.2) is 14.2 Å². The summed E-state index contributed by atoms with van der Waals surface area (Å²) in [5.41, 5.74) is 4.55. The molecule has 0 saturated carbocycles. The van der Waals surface area contributed by atoms with Gasteiger partial charge in [0.2, 0.25) is 0 Å². The van der Waals surface area contributed by atoms with Crippen molar-refractivity contribution in [2.75, 3.05) is 11.9 Å². The molecule has 2 N–H and O–H groups in total. The Hall–Kier alpha value is -3.67. The van der Waals surface area contributed by atoms with E-state index in [2.05, 4.69) is 15.3 Å². The molecule has 0 unspecified atom stereocenters. The number of benzene rings is 3. The third-order valence-electron chi connectivity index (χ3n) is 4.90. The molecule has 3 aromatic carbocycles. The largest absolute Gasteiger partial charge is 0.342 e. The first kappa shape index (κ1) is 19.6. The molecule has 5 nitrogen and oxygen atoms in total. The van der Waals surface area contributed by atoms with Crippen LogP contribution in [0.1, 0.15) is 17.0 Å². The number of amides is 2. The number of hydrogen-bond donors (Lipinski definition) is 2. The van der Waals surface area contributed by atoms with E-state index in [-0.39, 0.29) is 11.8 Å². The van der Waals surface area contributed by atoms with Crippen LogP contribution in [0.4, 0.5) is 14.9 Å². The van der Waals surface area contributed by atoms with Crippen LogP contribution in [0.25, 0.3) is 11.0 Å². The van der Waals surface area contributed by atoms with Gasteiger partial charge in [0.15, 0.2) is 0 Å². The Balaban J connectivity index is 1.50. The third-order valence-corrected chi connectivity index (χ3v) is 4.90. The minimum atomic E-state index is -0.295. The predicted molar refractivity (Wildman–Crippen MR) is 117 cm³/mol. The molecular formula is C24H23FN4O. The summed E-state index contributed by atoms with van der Waals surface area (Å²) in [5, 5.41) is 2.96. The average molecular weight is 402 g/mol. The van der Waals surface area contributed by atoms with Gasteiger partial charge in [0.25, 0.3) is 0 Å². The summed E-state index contributed by atoms with van der Waals surface area (Å²) in [6, 6.07) is 21.5. The van der Waals surface area contributed by atoms with Crippen LogP contribution in [0.15, 0.2) is 72.8 Å². The Kier molecular flexibility index (Phi) is 5.75. The zero-order valence-electron chi connectivity index (χ0n) is 16.7. The summed E-state index contributed by atoms with van der Waals surface area (Å²) in [5.74, 6) is 0.528. The van der Waals surface area contributed by atoms with Gasteiger partial charge in [0.1, 0.15) is 11.6 Å². The number of nitrogens with one attached hydrogen (secondary N) is 2. The number of hydrogen-bond acceptors (Lipinski definition) is 2. The van der Waals surface area contributed by atoms with E-state index >= 15 is 0 Å². The van der Waals surface area contributed by atoms with Gasteiger partial charge in [-0.1, -0.05) is 36.4 Å². The Morgan fingerprint density at radius 3 is 2.63 bits per heavy atom. The molecular weight excluding hydrogens is 379 g/mol. The Morgan fingerprint density at radius 1 is 1.07 bits per heavy atom. The van der Waals surface area contributed by atoms with Crippen LogP contribution in [-0.4, -0.2) is 27.4 Å². The first-order valence-electron chi connectivity index (χ1n) is 9.87. The van der Waals surface area contributed by atoms with Crippen LogP contribution < -0.4 is 5.32 Å². The molecule has 30 heavy (non-hydrogen) atoms. The molecule has 6 heteroatoms. The molecule has 0 aliphatic carbocycles. The van der Waals surface area contributed by atoms with Gasteiger partial charge in [-0.2, -0.15) is 0 Å². The zero-order chi connectivity index (χ0) is 20.9. The standard InChI is InChI=1S/C24H23FN4O/c1-17-5-4-6-20(15-17)26-24(30)29(16-18-9-11-19(25)12-10-18)14-13-23-27-21-7-2-3-8-22(21)28-23/h2-12,15H,13-14,16H2,1H3,(H,26,30)(H,27,28). The second-order valence-electron chi connectivity index (χ2n) is 7.30. The van der Waals surface area contributed by atoms with E-state index in [0.717, 1.165) is 33.7 Å². The molecule has 1 heterocycles. The molecule has 0 aliphatic rings. The number of fused-ring (bicyclic) bond motifs is 1. The van der Waals surface area contributed by atoms with Crippen molar-refractivity contribution in [1.29, 1.82) is 0 Å². The van der Waals surface area contributed by atoms with Crippen LogP contribution in [0, 0.1) is 12.7 Å². The van der Waals surface area contributed by atoms with Crippen molar-refractivity contribution in [2.24, 2.45) is 0 Å². The van der Waals surface area contributed by atoms with Gasteiger partial charge >= 0.3 is 6.03 Å². The Morgan fingerprint density at radius 2 is 1.87 bits per heavy atom. The summed E-state index contributed by atoms with van der Waals surface area (Å²) in [6.45, 7) is 2.82. The number of rotatable bonds is 6. The quantitative estimate of drug-likeness (QED) is 0.460. The fourth-order valence-electron chi connectivity index (χ4n) is 3.35. The number of aromatic amines is 1. The highest BCUT2D eigenvalue weighted by molar-refractivity contribution is 5.89. The molecule has 0 atom stereocenters. The molecule has 0 aliphatic heterocycles. The topological polar surface area (TPSA) is 61.0 Å². The maximum atomic E-state index is 13.3. The van der Waals surface area contributed by atoms with E-state index in [1.807, 2.05) is 55.5 Å². The maximum Gasteiger partial charge on any atom is 0.322 e. The third kappa shape index (κ3) is 4.84. The van der Waals surface area contributed by atoms with Crippen molar-refractivity contribution in [3.8, 4) is 0 Å². The van der Waals surface area contributed by atoms with E-state index in [4.69, 9.17) is 0 Å². The Labute approximate surface area is 174 Å². The van der Waals surface area contributed by atoms with E-state index < -0.39 is 0 Å². The van der Waals surface area contributed by atoms with Gasteiger partial charge in [-0.05, 0) is 54.4 Å². The molecule has 0 fully saturated rings. The highest BCUT2D eigenvalue weighted by Gasteiger charge is 2.16. The number of halogens is 1. The first-order chi connectivity index (χ1) is 14.6. The minimum Gasteiger partial charge on any atom is -0.342 e. The van der Waals surface area contributed by atoms with Gasteiger partial charge in [-0.15, -0.1) is 0 Å². The van der Waals surface area contributed by atoms with E-state index in [1.54, 1.807) is 17.0 Å². The normalized spacial score (nSPS) is 10.9. The highest BCUT2D eigenvalue weighted by atomic mass is 19.1. The van der Waals surface area contributed by atoms with Crippen molar-refractivity contribution < 1.29 is 9.18 Å². The molecule has 0 spiro atoms. The second-order valence-corrected chi connectivity index (χ2v) is 7.30. The maximum absolute atomic E-state index is 13.3. The van der Waals surface area contributed by atoms with Crippen molar-refractivity contribution in [1.82, 2.24) is 14.9 Å². The average Bonchev–Trinajstić information content (AvgIpc) is 3.15. The summed E-state index contributed by atoms with van der Waals surface area (Å²) in [7, 11) is 0. The fraction of sp³-hybridized carbons (Fsp3) is 0.167. The van der Waals surface area contributed by atoms with E-state index in [9.17, 15) is 9.18 Å². The van der Waals surface area contributed by atoms with Crippen molar-refractivity contribution in [3.05, 3.63) is 95.6 Å². The van der Waals surface area contributed by atoms with Crippen molar-refractivity contribution in [2.45, 2.75) is 19.9 Å². The Bertz CT molecular complexity index is 1120. The lowest BCUT2D eigenvalue weighted by atomic mass is 10.2. The summed E-state index contributed by atoms with van der Waals surface area (Å²) in [4.78, 5) is 22.6. The van der Waals surface area contributed by atoms with Crippen LogP contribution in [-0.2, 0) is 13.0 Å². The number of carbonyl (C=O) groups excluding carboxylic acids is 1. The lowest BCUT2D eigenvalue weighted by molar-refractivity contribution is 0.209. The van der Waals surface area contributed by atoms with Gasteiger partial charge in [0.05, 0.1) is 11.0 Å². The van der Waals surface area contributed by atoms with Crippen LogP contribution >= 0.6 is 0 Å². The second kappa shape index (κ2) is 8.78. The smallest absolute Gasteiger partial charge is 0.322 e. The summed E-state index contributed by atoms with van der Waals surface area (Å²) in [6.07, 6.45) is 0.580. The summed E-state index contributed by atoms with van der Waals surface area (Å²) >= 11 is 0. The van der Waals surface area contributed by atoms with Crippen molar-refractivity contribution >= 4 is 22.8 Å². The molecule has 4 aromatic rings. The van der Waals surface area contributed by atoms with Crippen molar-refractivity contribution in [3.63, 3.8) is 0 Å². The highest BCUT2D eigenvalue weighted by Crippen LogP contribution is 2.15. The number of H-pyrrole nitrogens is 1. The molecule has 152 valence electrons. The number of para-hydroxylation sites is 2. The fourth-order valence-corrected chi connectivity index (χ4v) is 3.35. The van der Waals surface area contributed by atoms with Crippen LogP contribution in [0.2, 0.25) is 0 Å². The SMILES string of the molecule is Cc1cccc(NC(=O)N(CCc2nc3ccccc3[nH]2)Cc2ccc(F)cc2)c1. The zero-order valence-corrected chi connectivity index (χ0v) is 16.7. The number of aryl methyl sites for hydroxylation is 1. The number of urea groups is 1. The molecule has 0 radical (unpaired) electrons. The van der Waals surface area contributed by atoms with Gasteiger partial charge in [-0.3, -0.25) is 0 Å². The number of imidazole rings is 1. The monoisotopic (exact) mass is 402 g/mol. The lowest BCUT2D eigenvalue weighted by Gasteiger charge is -2.23. The number of anilines is 1. The molecule has 4 rings (SSSR count). The van der Waals surface area contributed by atoms with Gasteiger partial charge in [0, 0.05) is 25.2 Å². The number of nitrogens with zero attached hydrogens (tertiary/aromatic N) is 2. The minimum absolute atomic E-state index is 0.207.